The molecule has 2 atom stereocenters. The second-order valence-corrected chi connectivity index (χ2v) is 6.70. The lowest BCUT2D eigenvalue weighted by Crippen LogP contribution is -2.59. The normalized spacial score (nSPS) is 24.7. The highest BCUT2D eigenvalue weighted by atomic mass is 19.4. The maximum atomic E-state index is 12.6. The van der Waals surface area contributed by atoms with Gasteiger partial charge in [-0.15, -0.1) is 0 Å². The minimum Gasteiger partial charge on any atom is -0.478 e. The van der Waals surface area contributed by atoms with Gasteiger partial charge in [-0.1, -0.05) is 12.1 Å². The van der Waals surface area contributed by atoms with Gasteiger partial charge < -0.3 is 20.6 Å². The van der Waals surface area contributed by atoms with Crippen LogP contribution in [0.4, 0.5) is 13.2 Å². The number of hydrogen-bond donors (Lipinski definition) is 4. The van der Waals surface area contributed by atoms with Crippen molar-refractivity contribution in [1.82, 2.24) is 5.32 Å². The van der Waals surface area contributed by atoms with Gasteiger partial charge in [0.2, 0.25) is 0 Å². The second-order valence-electron chi connectivity index (χ2n) is 6.70. The first-order valence-corrected chi connectivity index (χ1v) is 8.54. The SMILES string of the molecule is CN[C@@]1(c2ccc(C(F)(F)F)cc2)CCC[C@](C)(O)C1=O.O=C(O)/C=C/C(=O)O. The molecule has 1 aliphatic carbocycles. The van der Waals surface area contributed by atoms with Gasteiger partial charge >= 0.3 is 18.1 Å². The van der Waals surface area contributed by atoms with E-state index in [1.54, 1.807) is 7.05 Å². The molecule has 0 amide bonds. The zero-order chi connectivity index (χ0) is 22.5. The Morgan fingerprint density at radius 3 is 1.93 bits per heavy atom. The van der Waals surface area contributed by atoms with Crippen molar-refractivity contribution in [3.63, 3.8) is 0 Å². The molecule has 0 unspecified atom stereocenters. The lowest BCUT2D eigenvalue weighted by molar-refractivity contribution is -0.148. The minimum absolute atomic E-state index is 0.357. The first-order valence-electron chi connectivity index (χ1n) is 8.54. The number of halogens is 3. The number of likely N-dealkylation sites (N-methyl/N-ethyl adjacent to an activating group) is 1. The zero-order valence-corrected chi connectivity index (χ0v) is 15.8. The number of carbonyl (C=O) groups excluding carboxylic acids is 1. The number of aliphatic hydroxyl groups is 1. The number of rotatable bonds is 4. The molecule has 1 fully saturated rings. The average molecular weight is 417 g/mol. The van der Waals surface area contributed by atoms with Gasteiger partial charge in [-0.05, 0) is 50.9 Å². The maximum absolute atomic E-state index is 12.6. The van der Waals surface area contributed by atoms with Gasteiger partial charge in [-0.25, -0.2) is 9.59 Å². The summed E-state index contributed by atoms with van der Waals surface area (Å²) >= 11 is 0. The van der Waals surface area contributed by atoms with Crippen LogP contribution in [0.1, 0.15) is 37.3 Å². The Balaban J connectivity index is 0.000000447. The van der Waals surface area contributed by atoms with E-state index in [-0.39, 0.29) is 0 Å². The van der Waals surface area contributed by atoms with Gasteiger partial charge in [0.1, 0.15) is 11.1 Å². The Labute approximate surface area is 164 Å². The molecule has 4 N–H and O–H groups in total. The number of hydrogen-bond acceptors (Lipinski definition) is 5. The molecular weight excluding hydrogens is 395 g/mol. The summed E-state index contributed by atoms with van der Waals surface area (Å²) in [6.07, 6.45) is -1.88. The number of ketones is 1. The molecule has 0 saturated heterocycles. The van der Waals surface area contributed by atoms with Crippen molar-refractivity contribution in [3.8, 4) is 0 Å². The molecule has 0 bridgehead atoms. The second kappa shape index (κ2) is 9.19. The van der Waals surface area contributed by atoms with E-state index in [9.17, 15) is 32.7 Å². The summed E-state index contributed by atoms with van der Waals surface area (Å²) in [6, 6.07) is 4.54. The molecule has 1 aliphatic rings. The van der Waals surface area contributed by atoms with E-state index >= 15 is 0 Å². The van der Waals surface area contributed by atoms with Gasteiger partial charge in [0.15, 0.2) is 5.78 Å². The van der Waals surface area contributed by atoms with E-state index in [0.717, 1.165) is 12.1 Å². The maximum Gasteiger partial charge on any atom is 0.416 e. The Kier molecular flexibility index (Phi) is 7.70. The molecule has 2 rings (SSSR count). The smallest absolute Gasteiger partial charge is 0.416 e. The van der Waals surface area contributed by atoms with Crippen molar-refractivity contribution in [1.29, 1.82) is 0 Å². The summed E-state index contributed by atoms with van der Waals surface area (Å²) in [5.41, 5.74) is -2.91. The molecule has 0 radical (unpaired) electrons. The van der Waals surface area contributed by atoms with Crippen LogP contribution in [0.25, 0.3) is 0 Å². The quantitative estimate of drug-likeness (QED) is 0.555. The minimum atomic E-state index is -4.41. The molecule has 7 nitrogen and oxygen atoms in total. The number of Topliss-reactive ketones (excluding diaryl/α,β-unsaturated/α-hetero) is 1. The number of carboxylic acids is 2. The fourth-order valence-electron chi connectivity index (χ4n) is 3.13. The molecular formula is C19H22F3NO6. The third-order valence-electron chi connectivity index (χ3n) is 4.59. The fourth-order valence-corrected chi connectivity index (χ4v) is 3.13. The molecule has 0 heterocycles. The highest BCUT2D eigenvalue weighted by Crippen LogP contribution is 2.39. The van der Waals surface area contributed by atoms with Crippen molar-refractivity contribution < 1.29 is 42.9 Å². The number of carbonyl (C=O) groups is 3. The predicted octanol–water partition coefficient (Wildman–Crippen LogP) is 2.34. The number of alkyl halides is 3. The van der Waals surface area contributed by atoms with E-state index in [1.165, 1.54) is 19.1 Å². The summed E-state index contributed by atoms with van der Waals surface area (Å²) in [5, 5.41) is 28.7. The Morgan fingerprint density at radius 1 is 1.07 bits per heavy atom. The van der Waals surface area contributed by atoms with E-state index < -0.39 is 40.6 Å². The molecule has 160 valence electrons. The van der Waals surface area contributed by atoms with Crippen molar-refractivity contribution in [3.05, 3.63) is 47.5 Å². The molecule has 1 aromatic rings. The molecule has 0 aliphatic heterocycles. The zero-order valence-electron chi connectivity index (χ0n) is 15.8. The third kappa shape index (κ3) is 6.13. The largest absolute Gasteiger partial charge is 0.478 e. The van der Waals surface area contributed by atoms with E-state index in [4.69, 9.17) is 10.2 Å². The summed E-state index contributed by atoms with van der Waals surface area (Å²) < 4.78 is 37.8. The Hall–Kier alpha value is -2.72. The molecule has 10 heteroatoms. The Morgan fingerprint density at radius 2 is 1.55 bits per heavy atom. The molecule has 0 spiro atoms. The molecule has 29 heavy (non-hydrogen) atoms. The predicted molar refractivity (Wildman–Crippen MR) is 96.1 cm³/mol. The average Bonchev–Trinajstić information content (AvgIpc) is 2.62. The standard InChI is InChI=1S/C15H18F3NO2.C4H4O4/c1-13(21)8-3-9-14(19-2,12(13)20)10-4-6-11(7-5-10)15(16,17)18;5-3(6)1-2-4(7)8/h4-7,19,21H,3,8-9H2,1-2H3;1-2H,(H,5,6)(H,7,8)/b;2-1+/t13-,14+;/m0./s1. The van der Waals surface area contributed by atoms with E-state index in [1.807, 2.05) is 0 Å². The third-order valence-corrected chi connectivity index (χ3v) is 4.59. The summed E-state index contributed by atoms with van der Waals surface area (Å²) in [4.78, 5) is 31.7. The number of benzene rings is 1. The van der Waals surface area contributed by atoms with Gasteiger partial charge in [-0.2, -0.15) is 13.2 Å². The lowest BCUT2D eigenvalue weighted by Gasteiger charge is -2.42. The van der Waals surface area contributed by atoms with Crippen LogP contribution < -0.4 is 5.32 Å². The van der Waals surface area contributed by atoms with Crippen LogP contribution in [-0.4, -0.2) is 45.7 Å². The number of aliphatic carboxylic acids is 2. The van der Waals surface area contributed by atoms with Crippen molar-refractivity contribution >= 4 is 17.7 Å². The number of carboxylic acid groups (broad SMARTS) is 2. The summed E-state index contributed by atoms with van der Waals surface area (Å²) in [5.74, 6) is -2.91. The molecule has 0 aromatic heterocycles. The van der Waals surface area contributed by atoms with Gasteiger partial charge in [0.25, 0.3) is 0 Å². The monoisotopic (exact) mass is 417 g/mol. The van der Waals surface area contributed by atoms with Gasteiger partial charge in [0, 0.05) is 12.2 Å². The van der Waals surface area contributed by atoms with Crippen molar-refractivity contribution in [2.75, 3.05) is 7.05 Å². The first-order chi connectivity index (χ1) is 13.3. The van der Waals surface area contributed by atoms with E-state index in [2.05, 4.69) is 5.32 Å². The van der Waals surface area contributed by atoms with E-state index in [0.29, 0.717) is 37.0 Å². The van der Waals surface area contributed by atoms with Crippen LogP contribution in [0.2, 0.25) is 0 Å². The van der Waals surface area contributed by atoms with Crippen LogP contribution in [0, 0.1) is 0 Å². The highest BCUT2D eigenvalue weighted by molar-refractivity contribution is 5.96. The fraction of sp³-hybridized carbons (Fsp3) is 0.421. The van der Waals surface area contributed by atoms with Crippen molar-refractivity contribution in [2.24, 2.45) is 0 Å². The topological polar surface area (TPSA) is 124 Å². The van der Waals surface area contributed by atoms with Gasteiger partial charge in [-0.3, -0.25) is 4.79 Å². The lowest BCUT2D eigenvalue weighted by atomic mass is 9.69. The van der Waals surface area contributed by atoms with Crippen LogP contribution in [-0.2, 0) is 26.1 Å². The first kappa shape index (κ1) is 24.3. The highest BCUT2D eigenvalue weighted by Gasteiger charge is 2.50. The van der Waals surface area contributed by atoms with Crippen LogP contribution in [0.3, 0.4) is 0 Å². The van der Waals surface area contributed by atoms with Crippen LogP contribution in [0.15, 0.2) is 36.4 Å². The Bertz CT molecular complexity index is 770. The van der Waals surface area contributed by atoms with Crippen LogP contribution in [0.5, 0.6) is 0 Å². The number of nitrogens with one attached hydrogen (secondary N) is 1. The van der Waals surface area contributed by atoms with Crippen LogP contribution >= 0.6 is 0 Å². The molecule has 1 aromatic carbocycles. The van der Waals surface area contributed by atoms with Crippen molar-refractivity contribution in [2.45, 2.75) is 43.5 Å². The molecule has 1 saturated carbocycles. The van der Waals surface area contributed by atoms with Gasteiger partial charge in [0.05, 0.1) is 5.56 Å². The summed E-state index contributed by atoms with van der Waals surface area (Å²) in [6.45, 7) is 1.45. The summed E-state index contributed by atoms with van der Waals surface area (Å²) in [7, 11) is 1.58.